The zero-order valence-corrected chi connectivity index (χ0v) is 17.3. The lowest BCUT2D eigenvalue weighted by Crippen LogP contribution is -2.40. The number of hydrogen-bond acceptors (Lipinski definition) is 4. The highest BCUT2D eigenvalue weighted by molar-refractivity contribution is 6.74. The van der Waals surface area contributed by atoms with Crippen LogP contribution in [0, 0.1) is 5.82 Å². The summed E-state index contributed by atoms with van der Waals surface area (Å²) in [5.74, 6) is 0.476. The Morgan fingerprint density at radius 1 is 1.15 bits per heavy atom. The molecular weight excluding hydrogens is 345 g/mol. The number of rotatable bonds is 5. The highest BCUT2D eigenvalue weighted by Crippen LogP contribution is 2.37. The molecule has 0 atom stereocenters. The molecule has 0 bridgehead atoms. The molecule has 0 N–H and O–H groups in total. The van der Waals surface area contributed by atoms with Crippen molar-refractivity contribution in [2.24, 2.45) is 0 Å². The Morgan fingerprint density at radius 2 is 1.81 bits per heavy atom. The number of hydrogen-bond donors (Lipinski definition) is 0. The Morgan fingerprint density at radius 3 is 2.35 bits per heavy atom. The first-order valence-corrected chi connectivity index (χ1v) is 12.1. The van der Waals surface area contributed by atoms with Crippen LogP contribution in [0.15, 0.2) is 30.6 Å². The molecule has 2 heterocycles. The zero-order valence-electron chi connectivity index (χ0n) is 16.3. The summed E-state index contributed by atoms with van der Waals surface area (Å²) in [6.45, 7) is 13.2. The van der Waals surface area contributed by atoms with Gasteiger partial charge < -0.3 is 9.33 Å². The first kappa shape index (κ1) is 19.0. The predicted molar refractivity (Wildman–Crippen MR) is 106 cm³/mol. The molecule has 0 unspecified atom stereocenters. The molecule has 3 rings (SSSR count). The summed E-state index contributed by atoms with van der Waals surface area (Å²) in [7, 11) is -1.92. The molecule has 4 nitrogen and oxygen atoms in total. The van der Waals surface area contributed by atoms with Crippen LogP contribution in [0.1, 0.15) is 32.8 Å². The van der Waals surface area contributed by atoms with Crippen LogP contribution in [0.25, 0.3) is 11.1 Å². The topological polar surface area (TPSA) is 38.2 Å². The van der Waals surface area contributed by atoms with Crippen LogP contribution in [0.2, 0.25) is 18.1 Å². The van der Waals surface area contributed by atoms with Crippen molar-refractivity contribution in [3.63, 3.8) is 0 Å². The number of halogens is 1. The second-order valence-electron chi connectivity index (χ2n) is 8.44. The molecule has 0 spiro atoms. The third kappa shape index (κ3) is 3.81. The number of benzene rings is 1. The fraction of sp³-hybridized carbons (Fsp3) is 0.500. The summed E-state index contributed by atoms with van der Waals surface area (Å²) < 4.78 is 21.2. The van der Waals surface area contributed by atoms with Gasteiger partial charge in [-0.3, -0.25) is 0 Å². The minimum absolute atomic E-state index is 0.0988. The summed E-state index contributed by atoms with van der Waals surface area (Å²) in [4.78, 5) is 10.9. The van der Waals surface area contributed by atoms with E-state index in [1.54, 1.807) is 24.5 Å². The minimum atomic E-state index is -1.92. The van der Waals surface area contributed by atoms with E-state index >= 15 is 4.39 Å². The number of aromatic nitrogens is 2. The first-order valence-electron chi connectivity index (χ1n) is 9.18. The van der Waals surface area contributed by atoms with Crippen LogP contribution >= 0.6 is 0 Å². The molecule has 2 aromatic rings. The smallest absolute Gasteiger partial charge is 0.225 e. The second-order valence-corrected chi connectivity index (χ2v) is 13.2. The summed E-state index contributed by atoms with van der Waals surface area (Å²) in [6.07, 6.45) is 4.59. The van der Waals surface area contributed by atoms with Gasteiger partial charge >= 0.3 is 0 Å². The van der Waals surface area contributed by atoms with Crippen molar-refractivity contribution in [2.45, 2.75) is 51.9 Å². The minimum Gasteiger partial charge on any atom is -0.412 e. The molecule has 6 heteroatoms. The monoisotopic (exact) mass is 373 g/mol. The van der Waals surface area contributed by atoms with E-state index in [9.17, 15) is 0 Å². The average molecular weight is 374 g/mol. The maximum absolute atomic E-state index is 15.0. The lowest BCUT2D eigenvalue weighted by molar-refractivity contribution is 0.271. The standard InChI is InChI=1S/C20H28FN3OSi/c1-20(2,3)26(4,5)25-14-15-8-6-9-17(18(15)21)16-12-22-19(23-13-16)24-10-7-11-24/h6,8-9,12-13H,7,10-11,14H2,1-5H3. The van der Waals surface area contributed by atoms with Crippen molar-refractivity contribution >= 4 is 14.3 Å². The van der Waals surface area contributed by atoms with Crippen molar-refractivity contribution in [3.05, 3.63) is 42.0 Å². The molecule has 0 saturated carbocycles. The molecule has 0 amide bonds. The molecule has 1 aromatic heterocycles. The van der Waals surface area contributed by atoms with Crippen LogP contribution in [-0.4, -0.2) is 31.4 Å². The molecular formula is C20H28FN3OSi. The van der Waals surface area contributed by atoms with Gasteiger partial charge in [0.05, 0.1) is 6.61 Å². The Labute approximate surface area is 156 Å². The van der Waals surface area contributed by atoms with Crippen LogP contribution in [0.5, 0.6) is 0 Å². The van der Waals surface area contributed by atoms with Gasteiger partial charge in [-0.1, -0.05) is 39.0 Å². The van der Waals surface area contributed by atoms with E-state index in [0.717, 1.165) is 19.0 Å². The third-order valence-electron chi connectivity index (χ3n) is 5.56. The third-order valence-corrected chi connectivity index (χ3v) is 10.0. The van der Waals surface area contributed by atoms with Gasteiger partial charge in [0, 0.05) is 42.2 Å². The Balaban J connectivity index is 1.78. The van der Waals surface area contributed by atoms with E-state index in [0.29, 0.717) is 23.3 Å². The van der Waals surface area contributed by atoms with Crippen molar-refractivity contribution in [1.29, 1.82) is 0 Å². The molecule has 1 fully saturated rings. The van der Waals surface area contributed by atoms with E-state index in [-0.39, 0.29) is 10.9 Å². The van der Waals surface area contributed by atoms with Crippen molar-refractivity contribution < 1.29 is 8.82 Å². The van der Waals surface area contributed by atoms with Gasteiger partial charge in [0.1, 0.15) is 5.82 Å². The van der Waals surface area contributed by atoms with Crippen LogP contribution in [-0.2, 0) is 11.0 Å². The predicted octanol–water partition coefficient (Wildman–Crippen LogP) is 5.01. The van der Waals surface area contributed by atoms with Gasteiger partial charge in [-0.2, -0.15) is 0 Å². The fourth-order valence-corrected chi connectivity index (χ4v) is 3.48. The maximum Gasteiger partial charge on any atom is 0.225 e. The lowest BCUT2D eigenvalue weighted by atomic mass is 10.1. The molecule has 1 aliphatic heterocycles. The number of anilines is 1. The second kappa shape index (κ2) is 7.08. The molecule has 1 aliphatic rings. The molecule has 1 aromatic carbocycles. The maximum atomic E-state index is 15.0. The quantitative estimate of drug-likeness (QED) is 0.690. The molecule has 26 heavy (non-hydrogen) atoms. The Bertz CT molecular complexity index is 768. The largest absolute Gasteiger partial charge is 0.412 e. The summed E-state index contributed by atoms with van der Waals surface area (Å²) >= 11 is 0. The first-order chi connectivity index (χ1) is 12.2. The SMILES string of the molecule is CC(C)(C)[Si](C)(C)OCc1cccc(-c2cnc(N3CCC3)nc2)c1F. The van der Waals surface area contributed by atoms with E-state index in [2.05, 4.69) is 48.7 Å². The van der Waals surface area contributed by atoms with Gasteiger partial charge in [0.15, 0.2) is 8.32 Å². The highest BCUT2D eigenvalue weighted by atomic mass is 28.4. The average Bonchev–Trinajstić information content (AvgIpc) is 2.52. The van der Waals surface area contributed by atoms with E-state index in [1.807, 2.05) is 6.07 Å². The Kier molecular flexibility index (Phi) is 5.17. The van der Waals surface area contributed by atoms with E-state index < -0.39 is 8.32 Å². The molecule has 140 valence electrons. The molecule has 0 radical (unpaired) electrons. The van der Waals surface area contributed by atoms with Crippen molar-refractivity contribution in [1.82, 2.24) is 9.97 Å². The van der Waals surface area contributed by atoms with Crippen molar-refractivity contribution in [3.8, 4) is 11.1 Å². The van der Waals surface area contributed by atoms with Crippen LogP contribution in [0.4, 0.5) is 10.3 Å². The van der Waals surface area contributed by atoms with Gasteiger partial charge in [-0.05, 0) is 24.6 Å². The van der Waals surface area contributed by atoms with Gasteiger partial charge in [0.2, 0.25) is 5.95 Å². The molecule has 0 aliphatic carbocycles. The number of nitrogens with zero attached hydrogens (tertiary/aromatic N) is 3. The van der Waals surface area contributed by atoms with E-state index in [4.69, 9.17) is 4.43 Å². The van der Waals surface area contributed by atoms with Crippen molar-refractivity contribution in [2.75, 3.05) is 18.0 Å². The van der Waals surface area contributed by atoms with Crippen LogP contribution < -0.4 is 4.90 Å². The van der Waals surface area contributed by atoms with Gasteiger partial charge in [-0.15, -0.1) is 0 Å². The lowest BCUT2D eigenvalue weighted by Gasteiger charge is -2.36. The van der Waals surface area contributed by atoms with Gasteiger partial charge in [-0.25, -0.2) is 14.4 Å². The highest BCUT2D eigenvalue weighted by Gasteiger charge is 2.37. The summed E-state index contributed by atoms with van der Waals surface area (Å²) in [5.41, 5.74) is 1.80. The molecule has 1 saturated heterocycles. The summed E-state index contributed by atoms with van der Waals surface area (Å²) in [6, 6.07) is 5.43. The Hall–Kier alpha value is -1.79. The normalized spacial score (nSPS) is 15.1. The van der Waals surface area contributed by atoms with Gasteiger partial charge in [0.25, 0.3) is 0 Å². The van der Waals surface area contributed by atoms with Crippen LogP contribution in [0.3, 0.4) is 0 Å². The fourth-order valence-electron chi connectivity index (χ4n) is 2.53. The van der Waals surface area contributed by atoms with E-state index in [1.165, 1.54) is 6.42 Å². The summed E-state index contributed by atoms with van der Waals surface area (Å²) in [5, 5.41) is 0.0988. The zero-order chi connectivity index (χ0) is 18.9.